The molecule has 1 aliphatic heterocycles. The minimum atomic E-state index is -0.212. The first-order chi connectivity index (χ1) is 10.1. The molecule has 2 amide bonds. The van der Waals surface area contributed by atoms with E-state index in [2.05, 4.69) is 12.2 Å². The van der Waals surface area contributed by atoms with Gasteiger partial charge in [0.2, 0.25) is 11.8 Å². The van der Waals surface area contributed by atoms with Crippen LogP contribution in [0, 0.1) is 23.7 Å². The maximum Gasteiger partial charge on any atom is 0.238 e. The van der Waals surface area contributed by atoms with Gasteiger partial charge in [0.05, 0.1) is 24.6 Å². The van der Waals surface area contributed by atoms with Gasteiger partial charge < -0.3 is 4.74 Å². The highest BCUT2D eigenvalue weighted by Crippen LogP contribution is 2.54. The summed E-state index contributed by atoms with van der Waals surface area (Å²) < 4.78 is 5.28. The second-order valence-electron chi connectivity index (χ2n) is 5.83. The van der Waals surface area contributed by atoms with E-state index in [1.165, 1.54) is 12.0 Å². The predicted molar refractivity (Wildman–Crippen MR) is 78.2 cm³/mol. The molecule has 2 fully saturated rings. The van der Waals surface area contributed by atoms with E-state index < -0.39 is 0 Å². The third-order valence-corrected chi connectivity index (χ3v) is 5.09. The summed E-state index contributed by atoms with van der Waals surface area (Å²) in [6.07, 6.45) is 5.08. The molecule has 4 rings (SSSR count). The number of allylic oxidation sites excluding steroid dienone is 2. The van der Waals surface area contributed by atoms with Gasteiger partial charge in [-0.1, -0.05) is 23.8 Å². The Morgan fingerprint density at radius 2 is 1.76 bits per heavy atom. The molecule has 1 saturated heterocycles. The van der Waals surface area contributed by atoms with E-state index in [0.29, 0.717) is 16.5 Å². The van der Waals surface area contributed by atoms with Crippen LogP contribution in [0.25, 0.3) is 0 Å². The summed E-state index contributed by atoms with van der Waals surface area (Å²) in [5, 5.41) is 0.476. The first-order valence-electron chi connectivity index (χ1n) is 7.01. The molecule has 0 unspecified atom stereocenters. The zero-order chi connectivity index (χ0) is 14.7. The van der Waals surface area contributed by atoms with Crippen LogP contribution < -0.4 is 9.64 Å². The van der Waals surface area contributed by atoms with Crippen LogP contribution in [-0.2, 0) is 9.59 Å². The molecule has 4 nitrogen and oxygen atoms in total. The molecule has 5 heteroatoms. The molecule has 1 saturated carbocycles. The van der Waals surface area contributed by atoms with Crippen molar-refractivity contribution >= 4 is 29.1 Å². The standard InChI is InChI=1S/C16H14ClNO3/c1-21-12-5-4-10(17)7-11(12)18-15(19)13-8-2-3-9(6-8)14(13)16(18)20/h2-5,7-9,13-14H,6H2,1H3/t8-,9-,13+,14+/m0/s1. The van der Waals surface area contributed by atoms with Gasteiger partial charge in [-0.3, -0.25) is 9.59 Å². The lowest BCUT2D eigenvalue weighted by molar-refractivity contribution is -0.123. The van der Waals surface area contributed by atoms with Gasteiger partial charge in [-0.2, -0.15) is 0 Å². The van der Waals surface area contributed by atoms with Crippen molar-refractivity contribution < 1.29 is 14.3 Å². The number of benzene rings is 1. The van der Waals surface area contributed by atoms with Crippen molar-refractivity contribution in [3.8, 4) is 5.75 Å². The highest BCUT2D eigenvalue weighted by atomic mass is 35.5. The molecule has 4 atom stereocenters. The Bertz CT molecular complexity index is 654. The van der Waals surface area contributed by atoms with Crippen molar-refractivity contribution in [1.82, 2.24) is 0 Å². The fraction of sp³-hybridized carbons (Fsp3) is 0.375. The molecule has 0 N–H and O–H groups in total. The van der Waals surface area contributed by atoms with Gasteiger partial charge in [0.15, 0.2) is 0 Å². The molecule has 108 valence electrons. The average molecular weight is 304 g/mol. The molecule has 0 spiro atoms. The molecule has 0 aromatic heterocycles. The Morgan fingerprint density at radius 3 is 2.33 bits per heavy atom. The average Bonchev–Trinajstić information content (AvgIpc) is 3.13. The van der Waals surface area contributed by atoms with Gasteiger partial charge in [-0.05, 0) is 36.5 Å². The smallest absolute Gasteiger partial charge is 0.238 e. The number of carbonyl (C=O) groups is 2. The summed E-state index contributed by atoms with van der Waals surface area (Å²) in [6.45, 7) is 0. The maximum atomic E-state index is 12.7. The van der Waals surface area contributed by atoms with Crippen LogP contribution in [0.4, 0.5) is 5.69 Å². The Morgan fingerprint density at radius 1 is 1.14 bits per heavy atom. The molecular weight excluding hydrogens is 290 g/mol. The van der Waals surface area contributed by atoms with Gasteiger partial charge in [0.1, 0.15) is 5.75 Å². The van der Waals surface area contributed by atoms with Crippen LogP contribution in [0.5, 0.6) is 5.75 Å². The molecule has 1 aromatic carbocycles. The van der Waals surface area contributed by atoms with E-state index >= 15 is 0 Å². The third-order valence-electron chi connectivity index (χ3n) is 4.85. The van der Waals surface area contributed by atoms with Gasteiger partial charge in [-0.15, -0.1) is 0 Å². The normalized spacial score (nSPS) is 33.0. The van der Waals surface area contributed by atoms with E-state index in [4.69, 9.17) is 16.3 Å². The Balaban J connectivity index is 1.79. The summed E-state index contributed by atoms with van der Waals surface area (Å²) in [5.74, 6) is 0.219. The second kappa shape index (κ2) is 4.34. The molecule has 21 heavy (non-hydrogen) atoms. The minimum absolute atomic E-state index is 0.123. The fourth-order valence-electron chi connectivity index (χ4n) is 3.98. The summed E-state index contributed by atoms with van der Waals surface area (Å²) >= 11 is 6.02. The Labute approximate surface area is 127 Å². The van der Waals surface area contributed by atoms with Crippen LogP contribution in [0.1, 0.15) is 6.42 Å². The van der Waals surface area contributed by atoms with E-state index in [9.17, 15) is 9.59 Å². The monoisotopic (exact) mass is 303 g/mol. The Hall–Kier alpha value is -1.81. The lowest BCUT2D eigenvalue weighted by Crippen LogP contribution is -2.33. The number of amides is 2. The van der Waals surface area contributed by atoms with Gasteiger partial charge in [0, 0.05) is 5.02 Å². The molecule has 1 aromatic rings. The quantitative estimate of drug-likeness (QED) is 0.623. The van der Waals surface area contributed by atoms with Crippen molar-refractivity contribution in [3.05, 3.63) is 35.4 Å². The van der Waals surface area contributed by atoms with E-state index in [1.54, 1.807) is 18.2 Å². The molecule has 3 aliphatic rings. The zero-order valence-electron chi connectivity index (χ0n) is 11.5. The fourth-order valence-corrected chi connectivity index (χ4v) is 4.14. The van der Waals surface area contributed by atoms with Crippen molar-refractivity contribution in [1.29, 1.82) is 0 Å². The molecule has 2 bridgehead atoms. The number of imide groups is 1. The number of rotatable bonds is 2. The number of fused-ring (bicyclic) bond motifs is 5. The molecule has 1 heterocycles. The van der Waals surface area contributed by atoms with Crippen LogP contribution in [-0.4, -0.2) is 18.9 Å². The van der Waals surface area contributed by atoms with E-state index in [-0.39, 0.29) is 35.5 Å². The first kappa shape index (κ1) is 12.9. The van der Waals surface area contributed by atoms with Gasteiger partial charge in [-0.25, -0.2) is 4.90 Å². The highest BCUT2D eigenvalue weighted by Gasteiger charge is 2.59. The molecule has 2 aliphatic carbocycles. The summed E-state index contributed by atoms with van der Waals surface area (Å²) in [7, 11) is 1.52. The number of hydrogen-bond donors (Lipinski definition) is 0. The third kappa shape index (κ3) is 1.62. The highest BCUT2D eigenvalue weighted by molar-refractivity contribution is 6.31. The molecular formula is C16H14ClNO3. The van der Waals surface area contributed by atoms with Crippen LogP contribution in [0.3, 0.4) is 0 Å². The predicted octanol–water partition coefficient (Wildman–Crippen LogP) is 2.66. The number of carbonyl (C=O) groups excluding carboxylic acids is 2. The number of ether oxygens (including phenoxy) is 1. The topological polar surface area (TPSA) is 46.6 Å². The van der Waals surface area contributed by atoms with Crippen molar-refractivity contribution in [2.45, 2.75) is 6.42 Å². The van der Waals surface area contributed by atoms with Crippen molar-refractivity contribution in [2.75, 3.05) is 12.0 Å². The van der Waals surface area contributed by atoms with E-state index in [0.717, 1.165) is 6.42 Å². The number of halogens is 1. The number of methoxy groups -OCH3 is 1. The molecule has 0 radical (unpaired) electrons. The van der Waals surface area contributed by atoms with E-state index in [1.807, 2.05) is 0 Å². The number of anilines is 1. The van der Waals surface area contributed by atoms with Crippen molar-refractivity contribution in [3.63, 3.8) is 0 Å². The summed E-state index contributed by atoms with van der Waals surface area (Å²) in [6, 6.07) is 4.98. The van der Waals surface area contributed by atoms with Gasteiger partial charge in [0.25, 0.3) is 0 Å². The van der Waals surface area contributed by atoms with Gasteiger partial charge >= 0.3 is 0 Å². The lowest BCUT2D eigenvalue weighted by Gasteiger charge is -2.20. The maximum absolute atomic E-state index is 12.7. The number of nitrogens with zero attached hydrogens (tertiary/aromatic N) is 1. The van der Waals surface area contributed by atoms with Crippen LogP contribution in [0.15, 0.2) is 30.4 Å². The summed E-state index contributed by atoms with van der Waals surface area (Å²) in [4.78, 5) is 26.7. The van der Waals surface area contributed by atoms with Crippen LogP contribution in [0.2, 0.25) is 5.02 Å². The number of hydrogen-bond acceptors (Lipinski definition) is 3. The summed E-state index contributed by atoms with van der Waals surface area (Å²) in [5.41, 5.74) is 0.453. The Kier molecular flexibility index (Phi) is 2.67. The first-order valence-corrected chi connectivity index (χ1v) is 7.39. The van der Waals surface area contributed by atoms with Crippen LogP contribution >= 0.6 is 11.6 Å². The minimum Gasteiger partial charge on any atom is -0.495 e. The second-order valence-corrected chi connectivity index (χ2v) is 6.26. The lowest BCUT2D eigenvalue weighted by atomic mass is 9.85. The SMILES string of the molecule is COc1ccc(Cl)cc1N1C(=O)[C@H]2[C@H](C1=O)[C@H]1C=C[C@H]2C1. The van der Waals surface area contributed by atoms with Crippen molar-refractivity contribution in [2.24, 2.45) is 23.7 Å². The largest absolute Gasteiger partial charge is 0.495 e. The zero-order valence-corrected chi connectivity index (χ0v) is 12.2.